The lowest BCUT2D eigenvalue weighted by Crippen LogP contribution is -2.27. The van der Waals surface area contributed by atoms with Crippen molar-refractivity contribution >= 4 is 23.4 Å². The normalized spacial score (nSPS) is 10.8. The summed E-state index contributed by atoms with van der Waals surface area (Å²) in [7, 11) is 0. The van der Waals surface area contributed by atoms with E-state index in [4.69, 9.17) is 4.74 Å². The first kappa shape index (κ1) is 16.0. The van der Waals surface area contributed by atoms with E-state index in [1.165, 1.54) is 0 Å². The quantitative estimate of drug-likeness (QED) is 0.880. The molecule has 20 heavy (non-hydrogen) atoms. The zero-order valence-corrected chi connectivity index (χ0v) is 12.4. The number of hydrogen-bond donors (Lipinski definition) is 2. The Morgan fingerprint density at radius 3 is 2.15 bits per heavy atom. The number of hydrogen-bond acceptors (Lipinski definition) is 3. The van der Waals surface area contributed by atoms with Gasteiger partial charge in [0.2, 0.25) is 5.91 Å². The average Bonchev–Trinajstić information content (AvgIpc) is 2.29. The van der Waals surface area contributed by atoms with Crippen molar-refractivity contribution in [3.05, 3.63) is 24.3 Å². The van der Waals surface area contributed by atoms with Gasteiger partial charge in [-0.25, -0.2) is 4.79 Å². The molecule has 1 aromatic rings. The zero-order chi connectivity index (χ0) is 15.2. The molecule has 5 nitrogen and oxygen atoms in total. The van der Waals surface area contributed by atoms with E-state index < -0.39 is 11.7 Å². The number of amides is 2. The van der Waals surface area contributed by atoms with Gasteiger partial charge in [0.25, 0.3) is 0 Å². The highest BCUT2D eigenvalue weighted by Gasteiger charge is 2.17. The van der Waals surface area contributed by atoms with Crippen LogP contribution in [0, 0.1) is 0 Å². The van der Waals surface area contributed by atoms with Gasteiger partial charge in [-0.1, -0.05) is 19.1 Å². The number of ether oxygens (including phenoxy) is 1. The molecule has 0 saturated carbocycles. The van der Waals surface area contributed by atoms with Gasteiger partial charge in [0.15, 0.2) is 0 Å². The minimum atomic E-state index is -0.565. The van der Waals surface area contributed by atoms with Crippen LogP contribution in [0.2, 0.25) is 0 Å². The Morgan fingerprint density at radius 1 is 1.10 bits per heavy atom. The van der Waals surface area contributed by atoms with Crippen molar-refractivity contribution in [2.24, 2.45) is 0 Å². The Kier molecular flexibility index (Phi) is 5.55. The maximum atomic E-state index is 11.7. The fraction of sp³-hybridized carbons (Fsp3) is 0.467. The molecule has 0 aliphatic carbocycles. The maximum absolute atomic E-state index is 11.7. The van der Waals surface area contributed by atoms with Crippen LogP contribution in [0.1, 0.15) is 40.5 Å². The van der Waals surface area contributed by atoms with Crippen molar-refractivity contribution in [1.82, 2.24) is 0 Å². The molecule has 0 heterocycles. The van der Waals surface area contributed by atoms with Crippen LogP contribution >= 0.6 is 0 Å². The summed E-state index contributed by atoms with van der Waals surface area (Å²) in [5.74, 6) is -0.0778. The molecular weight excluding hydrogens is 256 g/mol. The highest BCUT2D eigenvalue weighted by atomic mass is 16.6. The second-order valence-electron chi connectivity index (χ2n) is 5.47. The topological polar surface area (TPSA) is 67.4 Å². The van der Waals surface area contributed by atoms with E-state index in [0.717, 1.165) is 6.42 Å². The molecule has 0 unspecified atom stereocenters. The monoisotopic (exact) mass is 278 g/mol. The first-order chi connectivity index (χ1) is 9.31. The van der Waals surface area contributed by atoms with E-state index in [9.17, 15) is 9.59 Å². The van der Waals surface area contributed by atoms with E-state index in [1.54, 1.807) is 45.0 Å². The summed E-state index contributed by atoms with van der Waals surface area (Å²) in [4.78, 5) is 23.4. The van der Waals surface area contributed by atoms with Crippen molar-refractivity contribution in [3.63, 3.8) is 0 Å². The van der Waals surface area contributed by atoms with Gasteiger partial charge in [0.1, 0.15) is 5.60 Å². The molecule has 2 N–H and O–H groups in total. The molecule has 110 valence electrons. The van der Waals surface area contributed by atoms with Crippen LogP contribution in [0.15, 0.2) is 24.3 Å². The van der Waals surface area contributed by atoms with Gasteiger partial charge in [0.05, 0.1) is 11.4 Å². The average molecular weight is 278 g/mol. The number of carbonyl (C=O) groups excluding carboxylic acids is 2. The molecule has 0 atom stereocenters. The summed E-state index contributed by atoms with van der Waals surface area (Å²) >= 11 is 0. The third kappa shape index (κ3) is 5.73. The summed E-state index contributed by atoms with van der Waals surface area (Å²) < 4.78 is 5.19. The van der Waals surface area contributed by atoms with Crippen LogP contribution in [0.4, 0.5) is 16.2 Å². The van der Waals surface area contributed by atoms with Crippen LogP contribution in [0.5, 0.6) is 0 Å². The summed E-state index contributed by atoms with van der Waals surface area (Å²) in [5, 5.41) is 5.41. The second kappa shape index (κ2) is 6.93. The minimum absolute atomic E-state index is 0.0778. The molecule has 0 fully saturated rings. The van der Waals surface area contributed by atoms with Crippen molar-refractivity contribution in [2.45, 2.75) is 46.1 Å². The first-order valence-electron chi connectivity index (χ1n) is 6.70. The van der Waals surface area contributed by atoms with Crippen LogP contribution in [0.25, 0.3) is 0 Å². The van der Waals surface area contributed by atoms with Gasteiger partial charge in [-0.2, -0.15) is 0 Å². The number of carbonyl (C=O) groups is 2. The van der Waals surface area contributed by atoms with Gasteiger partial charge in [-0.15, -0.1) is 0 Å². The molecule has 0 saturated heterocycles. The summed E-state index contributed by atoms with van der Waals surface area (Å²) in [5.41, 5.74) is 0.521. The van der Waals surface area contributed by atoms with Gasteiger partial charge in [-0.05, 0) is 39.3 Å². The molecule has 0 aliphatic heterocycles. The highest BCUT2D eigenvalue weighted by Crippen LogP contribution is 2.22. The van der Waals surface area contributed by atoms with Gasteiger partial charge in [0, 0.05) is 6.42 Å². The van der Waals surface area contributed by atoms with Crippen LogP contribution in [-0.4, -0.2) is 17.6 Å². The summed E-state index contributed by atoms with van der Waals surface area (Å²) in [6.45, 7) is 7.31. The standard InChI is InChI=1S/C15H22N2O3/c1-5-8-13(18)16-11-9-6-7-10-12(11)17-14(19)20-15(2,3)4/h6-7,9-10H,5,8H2,1-4H3,(H,16,18)(H,17,19). The molecule has 0 aromatic heterocycles. The SMILES string of the molecule is CCCC(=O)Nc1ccccc1NC(=O)OC(C)(C)C. The number of nitrogens with one attached hydrogen (secondary N) is 2. The van der Waals surface area contributed by atoms with E-state index in [-0.39, 0.29) is 5.91 Å². The Labute approximate surface area is 119 Å². The van der Waals surface area contributed by atoms with Crippen molar-refractivity contribution in [3.8, 4) is 0 Å². The summed E-state index contributed by atoms with van der Waals surface area (Å²) in [6, 6.07) is 7.02. The second-order valence-corrected chi connectivity index (χ2v) is 5.47. The van der Waals surface area contributed by atoms with Crippen molar-refractivity contribution in [2.75, 3.05) is 10.6 Å². The molecule has 0 aliphatic rings. The smallest absolute Gasteiger partial charge is 0.412 e. The fourth-order valence-corrected chi connectivity index (χ4v) is 1.55. The van der Waals surface area contributed by atoms with Gasteiger partial charge < -0.3 is 10.1 Å². The zero-order valence-electron chi connectivity index (χ0n) is 12.4. The number of anilines is 2. The molecular formula is C15H22N2O3. The number of para-hydroxylation sites is 2. The number of benzene rings is 1. The molecule has 0 radical (unpaired) electrons. The summed E-state index contributed by atoms with van der Waals surface area (Å²) in [6.07, 6.45) is 0.670. The molecule has 1 rings (SSSR count). The molecule has 0 spiro atoms. The van der Waals surface area contributed by atoms with Crippen LogP contribution < -0.4 is 10.6 Å². The van der Waals surface area contributed by atoms with Gasteiger partial charge in [-0.3, -0.25) is 10.1 Å². The lowest BCUT2D eigenvalue weighted by atomic mass is 10.2. The van der Waals surface area contributed by atoms with E-state index >= 15 is 0 Å². The third-order valence-corrected chi connectivity index (χ3v) is 2.31. The Morgan fingerprint density at radius 2 is 1.65 bits per heavy atom. The Bertz CT molecular complexity index is 478. The number of rotatable bonds is 4. The predicted octanol–water partition coefficient (Wildman–Crippen LogP) is 3.77. The fourth-order valence-electron chi connectivity index (χ4n) is 1.55. The minimum Gasteiger partial charge on any atom is -0.444 e. The first-order valence-corrected chi connectivity index (χ1v) is 6.70. The lowest BCUT2D eigenvalue weighted by molar-refractivity contribution is -0.116. The van der Waals surface area contributed by atoms with Crippen molar-refractivity contribution < 1.29 is 14.3 Å². The van der Waals surface area contributed by atoms with Crippen LogP contribution in [-0.2, 0) is 9.53 Å². The molecule has 1 aromatic carbocycles. The van der Waals surface area contributed by atoms with E-state index in [1.807, 2.05) is 6.92 Å². The third-order valence-electron chi connectivity index (χ3n) is 2.31. The molecule has 5 heteroatoms. The molecule has 0 bridgehead atoms. The van der Waals surface area contributed by atoms with E-state index in [0.29, 0.717) is 17.8 Å². The Balaban J connectivity index is 2.75. The van der Waals surface area contributed by atoms with Crippen LogP contribution in [0.3, 0.4) is 0 Å². The van der Waals surface area contributed by atoms with Gasteiger partial charge >= 0.3 is 6.09 Å². The predicted molar refractivity (Wildman–Crippen MR) is 79.8 cm³/mol. The largest absolute Gasteiger partial charge is 0.444 e. The highest BCUT2D eigenvalue weighted by molar-refractivity contribution is 5.97. The maximum Gasteiger partial charge on any atom is 0.412 e. The van der Waals surface area contributed by atoms with E-state index in [2.05, 4.69) is 10.6 Å². The molecule has 2 amide bonds. The Hall–Kier alpha value is -2.04. The lowest BCUT2D eigenvalue weighted by Gasteiger charge is -2.20. The van der Waals surface area contributed by atoms with Crippen molar-refractivity contribution in [1.29, 1.82) is 0 Å².